The van der Waals surface area contributed by atoms with Gasteiger partial charge in [-0.05, 0) is 55.8 Å². The predicted octanol–water partition coefficient (Wildman–Crippen LogP) is 3.47. The molecule has 134 valence electrons. The summed E-state index contributed by atoms with van der Waals surface area (Å²) in [7, 11) is 6.35. The van der Waals surface area contributed by atoms with E-state index in [1.807, 2.05) is 0 Å². The fourth-order valence-corrected chi connectivity index (χ4v) is 4.34. The average molecular weight is 340 g/mol. The van der Waals surface area contributed by atoms with E-state index in [1.54, 1.807) is 0 Å². The molecule has 25 heavy (non-hydrogen) atoms. The molecule has 0 bridgehead atoms. The van der Waals surface area contributed by atoms with E-state index >= 15 is 0 Å². The van der Waals surface area contributed by atoms with Gasteiger partial charge < -0.3 is 10.4 Å². The number of anilines is 1. The SMILES string of the molecule is [B]C(CCCC)(C(=O)O)C1CCN(Cc2cccc3c2NCC3)CC1. The summed E-state index contributed by atoms with van der Waals surface area (Å²) in [6, 6.07) is 6.55. The summed E-state index contributed by atoms with van der Waals surface area (Å²) in [6.07, 6.45) is 5.29. The normalized spacial score (nSPS) is 20.7. The first kappa shape index (κ1) is 18.3. The van der Waals surface area contributed by atoms with Gasteiger partial charge in [0.1, 0.15) is 0 Å². The van der Waals surface area contributed by atoms with Gasteiger partial charge in [-0.25, -0.2) is 0 Å². The third kappa shape index (κ3) is 3.86. The minimum absolute atomic E-state index is 0.0763. The molecule has 4 nitrogen and oxygen atoms in total. The van der Waals surface area contributed by atoms with Crippen LogP contribution in [0.2, 0.25) is 5.31 Å². The largest absolute Gasteiger partial charge is 0.481 e. The van der Waals surface area contributed by atoms with Crippen molar-refractivity contribution < 1.29 is 9.90 Å². The molecular weight excluding hydrogens is 311 g/mol. The first-order valence-corrected chi connectivity index (χ1v) is 9.64. The number of carboxylic acids is 1. The molecule has 1 fully saturated rings. The fourth-order valence-electron chi connectivity index (χ4n) is 4.34. The van der Waals surface area contributed by atoms with Crippen molar-refractivity contribution in [1.82, 2.24) is 4.90 Å². The summed E-state index contributed by atoms with van der Waals surface area (Å²) < 4.78 is 0. The number of nitrogens with one attached hydrogen (secondary N) is 1. The maximum atomic E-state index is 11.8. The molecule has 1 unspecified atom stereocenters. The molecule has 5 heteroatoms. The van der Waals surface area contributed by atoms with Crippen LogP contribution in [0.3, 0.4) is 0 Å². The molecule has 0 spiro atoms. The van der Waals surface area contributed by atoms with Gasteiger partial charge in [0.05, 0.1) is 7.85 Å². The Morgan fingerprint density at radius 2 is 2.16 bits per heavy atom. The number of aliphatic carboxylic acids is 1. The number of nitrogens with zero attached hydrogens (tertiary/aromatic N) is 1. The van der Waals surface area contributed by atoms with Crippen molar-refractivity contribution >= 4 is 19.5 Å². The fraction of sp³-hybridized carbons (Fsp3) is 0.650. The number of piperidine rings is 1. The zero-order valence-electron chi connectivity index (χ0n) is 15.3. The van der Waals surface area contributed by atoms with Crippen molar-refractivity contribution in [2.45, 2.75) is 57.3 Å². The highest BCUT2D eigenvalue weighted by molar-refractivity contribution is 6.27. The Balaban J connectivity index is 1.60. The summed E-state index contributed by atoms with van der Waals surface area (Å²) in [6.45, 7) is 5.89. The van der Waals surface area contributed by atoms with Crippen LogP contribution < -0.4 is 5.32 Å². The summed E-state index contributed by atoms with van der Waals surface area (Å²) >= 11 is 0. The van der Waals surface area contributed by atoms with Gasteiger partial charge in [-0.3, -0.25) is 9.69 Å². The Kier molecular flexibility index (Phi) is 5.72. The van der Waals surface area contributed by atoms with E-state index in [2.05, 4.69) is 35.3 Å². The van der Waals surface area contributed by atoms with Gasteiger partial charge in [-0.1, -0.05) is 38.0 Å². The van der Waals surface area contributed by atoms with E-state index in [0.717, 1.165) is 58.3 Å². The number of benzene rings is 1. The van der Waals surface area contributed by atoms with E-state index < -0.39 is 11.3 Å². The van der Waals surface area contributed by atoms with Crippen molar-refractivity contribution in [1.29, 1.82) is 0 Å². The minimum atomic E-state index is -1.06. The van der Waals surface area contributed by atoms with Gasteiger partial charge >= 0.3 is 5.97 Å². The molecular formula is C20H29BN2O2. The van der Waals surface area contributed by atoms with Crippen LogP contribution in [-0.4, -0.2) is 43.5 Å². The van der Waals surface area contributed by atoms with Crippen LogP contribution in [-0.2, 0) is 17.8 Å². The Morgan fingerprint density at radius 1 is 1.40 bits per heavy atom. The van der Waals surface area contributed by atoms with E-state index in [-0.39, 0.29) is 5.92 Å². The van der Waals surface area contributed by atoms with Gasteiger partial charge in [0, 0.05) is 24.1 Å². The van der Waals surface area contributed by atoms with Crippen LogP contribution in [0, 0.1) is 5.92 Å². The Hall–Kier alpha value is -1.49. The maximum absolute atomic E-state index is 11.8. The van der Waals surface area contributed by atoms with E-state index in [4.69, 9.17) is 7.85 Å². The van der Waals surface area contributed by atoms with Crippen molar-refractivity contribution in [2.24, 2.45) is 5.92 Å². The van der Waals surface area contributed by atoms with Crippen molar-refractivity contribution in [3.8, 4) is 0 Å². The molecule has 3 rings (SSSR count). The van der Waals surface area contributed by atoms with Crippen LogP contribution in [0.1, 0.15) is 50.2 Å². The number of carbonyl (C=O) groups is 1. The summed E-state index contributed by atoms with van der Waals surface area (Å²) in [4.78, 5) is 14.2. The topological polar surface area (TPSA) is 52.6 Å². The van der Waals surface area contributed by atoms with E-state index in [0.29, 0.717) is 6.42 Å². The molecule has 2 aliphatic heterocycles. The molecule has 0 saturated carbocycles. The summed E-state index contributed by atoms with van der Waals surface area (Å²) in [5.41, 5.74) is 4.08. The number of unbranched alkanes of at least 4 members (excludes halogenated alkanes) is 1. The first-order valence-electron chi connectivity index (χ1n) is 9.64. The average Bonchev–Trinajstić information content (AvgIpc) is 3.10. The zero-order valence-corrected chi connectivity index (χ0v) is 15.3. The molecule has 2 heterocycles. The highest BCUT2D eigenvalue weighted by atomic mass is 16.4. The molecule has 1 aromatic rings. The molecule has 1 saturated heterocycles. The second kappa shape index (κ2) is 7.82. The van der Waals surface area contributed by atoms with Crippen LogP contribution in [0.5, 0.6) is 0 Å². The molecule has 0 aromatic heterocycles. The summed E-state index contributed by atoms with van der Waals surface area (Å²) in [5, 5.41) is 12.1. The highest BCUT2D eigenvalue weighted by Gasteiger charge is 2.41. The van der Waals surface area contributed by atoms with Crippen LogP contribution in [0.15, 0.2) is 18.2 Å². The van der Waals surface area contributed by atoms with Crippen LogP contribution in [0.25, 0.3) is 0 Å². The lowest BCUT2D eigenvalue weighted by Gasteiger charge is -2.41. The molecule has 1 aromatic carbocycles. The smallest absolute Gasteiger partial charge is 0.300 e. The standard InChI is InChI=1S/C20H29BN2O2/c1-2-3-10-20(21,19(24)25)17-8-12-23(13-9-17)14-16-6-4-5-15-7-11-22-18(15)16/h4-6,17,22H,2-3,7-14H2,1H3,(H,24,25). The molecule has 0 aliphatic carbocycles. The Morgan fingerprint density at radius 3 is 2.84 bits per heavy atom. The first-order chi connectivity index (χ1) is 12.0. The second-order valence-corrected chi connectivity index (χ2v) is 7.63. The number of rotatable bonds is 7. The number of carboxylic acid groups (broad SMARTS) is 1. The van der Waals surface area contributed by atoms with Crippen molar-refractivity contribution in [3.63, 3.8) is 0 Å². The summed E-state index contributed by atoms with van der Waals surface area (Å²) in [5.74, 6) is -0.753. The maximum Gasteiger partial charge on any atom is 0.300 e. The van der Waals surface area contributed by atoms with Crippen molar-refractivity contribution in [2.75, 3.05) is 25.0 Å². The zero-order chi connectivity index (χ0) is 17.9. The number of fused-ring (bicyclic) bond motifs is 1. The van der Waals surface area contributed by atoms with Gasteiger partial charge in [0.25, 0.3) is 0 Å². The Labute approximate surface area is 152 Å². The van der Waals surface area contributed by atoms with Gasteiger partial charge in [0.2, 0.25) is 0 Å². The van der Waals surface area contributed by atoms with Crippen molar-refractivity contribution in [3.05, 3.63) is 29.3 Å². The van der Waals surface area contributed by atoms with Gasteiger partial charge in [-0.15, -0.1) is 0 Å². The van der Waals surface area contributed by atoms with Crippen LogP contribution >= 0.6 is 0 Å². The quantitative estimate of drug-likeness (QED) is 0.747. The number of para-hydroxylation sites is 1. The molecule has 2 aliphatic rings. The Bertz CT molecular complexity index is 614. The highest BCUT2D eigenvalue weighted by Crippen LogP contribution is 2.44. The minimum Gasteiger partial charge on any atom is -0.481 e. The number of likely N-dealkylation sites (tertiary alicyclic amines) is 1. The molecule has 2 N–H and O–H groups in total. The lowest BCUT2D eigenvalue weighted by molar-refractivity contribution is -0.143. The predicted molar refractivity (Wildman–Crippen MR) is 102 cm³/mol. The van der Waals surface area contributed by atoms with Gasteiger partial charge in [-0.2, -0.15) is 0 Å². The molecule has 1 atom stereocenters. The molecule has 2 radical (unpaired) electrons. The third-order valence-corrected chi connectivity index (χ3v) is 5.99. The number of hydrogen-bond donors (Lipinski definition) is 2. The van der Waals surface area contributed by atoms with Crippen LogP contribution in [0.4, 0.5) is 5.69 Å². The van der Waals surface area contributed by atoms with Gasteiger partial charge in [0.15, 0.2) is 0 Å². The van der Waals surface area contributed by atoms with E-state index in [9.17, 15) is 9.90 Å². The molecule has 0 amide bonds. The number of hydrogen-bond acceptors (Lipinski definition) is 3. The lowest BCUT2D eigenvalue weighted by Crippen LogP contribution is -2.41. The monoisotopic (exact) mass is 340 g/mol. The van der Waals surface area contributed by atoms with E-state index in [1.165, 1.54) is 16.8 Å². The second-order valence-electron chi connectivity index (χ2n) is 7.63. The lowest BCUT2D eigenvalue weighted by atomic mass is 9.56. The third-order valence-electron chi connectivity index (χ3n) is 5.99.